The van der Waals surface area contributed by atoms with Gasteiger partial charge >= 0.3 is 0 Å². The minimum absolute atomic E-state index is 1.13. The molecule has 0 saturated heterocycles. The Kier molecular flexibility index (Phi) is 10.3. The molecule has 0 amide bonds. The number of rotatable bonds is 10. The molecule has 0 bridgehead atoms. The van der Waals surface area contributed by atoms with E-state index in [1.54, 1.807) is 0 Å². The first-order chi connectivity index (χ1) is 25.4. The summed E-state index contributed by atoms with van der Waals surface area (Å²) < 4.78 is 0. The summed E-state index contributed by atoms with van der Waals surface area (Å²) in [7, 11) is 0. The molecular formula is C50H44N2. The van der Waals surface area contributed by atoms with Gasteiger partial charge in [0.25, 0.3) is 0 Å². The molecule has 0 aliphatic rings. The van der Waals surface area contributed by atoms with Crippen LogP contribution in [-0.4, -0.2) is 0 Å². The van der Waals surface area contributed by atoms with E-state index < -0.39 is 0 Å². The van der Waals surface area contributed by atoms with Gasteiger partial charge in [-0.05, 0) is 129 Å². The molecule has 7 aromatic carbocycles. The van der Waals surface area contributed by atoms with Crippen LogP contribution in [0.2, 0.25) is 0 Å². The molecule has 0 radical (unpaired) electrons. The smallest absolute Gasteiger partial charge is 0.0462 e. The van der Waals surface area contributed by atoms with Crippen LogP contribution in [0.4, 0.5) is 34.1 Å². The number of hydrogen-bond donors (Lipinski definition) is 0. The summed E-state index contributed by atoms with van der Waals surface area (Å²) in [5, 5.41) is 0. The molecule has 254 valence electrons. The molecular weight excluding hydrogens is 629 g/mol. The predicted molar refractivity (Wildman–Crippen MR) is 225 cm³/mol. The topological polar surface area (TPSA) is 6.48 Å². The maximum absolute atomic E-state index is 2.31. The summed E-state index contributed by atoms with van der Waals surface area (Å²) in [5.74, 6) is 0. The quantitative estimate of drug-likeness (QED) is 0.133. The largest absolute Gasteiger partial charge is 0.311 e. The van der Waals surface area contributed by atoms with Crippen LogP contribution in [0.1, 0.15) is 44.5 Å². The lowest BCUT2D eigenvalue weighted by Crippen LogP contribution is -2.09. The third-order valence-corrected chi connectivity index (χ3v) is 9.32. The fourth-order valence-electron chi connectivity index (χ4n) is 6.29. The first-order valence-electron chi connectivity index (χ1n) is 17.9. The first-order valence-corrected chi connectivity index (χ1v) is 17.9. The Morgan fingerprint density at radius 1 is 0.269 bits per heavy atom. The van der Waals surface area contributed by atoms with Crippen LogP contribution >= 0.6 is 0 Å². The molecule has 0 saturated carbocycles. The second kappa shape index (κ2) is 15.7. The summed E-state index contributed by atoms with van der Waals surface area (Å²) in [6, 6.07) is 61.0. The van der Waals surface area contributed by atoms with Gasteiger partial charge in [0, 0.05) is 34.1 Å². The van der Waals surface area contributed by atoms with Crippen molar-refractivity contribution in [3.8, 4) is 0 Å². The molecule has 7 rings (SSSR count). The van der Waals surface area contributed by atoms with Crippen molar-refractivity contribution in [1.82, 2.24) is 0 Å². The highest BCUT2D eigenvalue weighted by atomic mass is 15.1. The van der Waals surface area contributed by atoms with Crippen molar-refractivity contribution in [1.29, 1.82) is 0 Å². The van der Waals surface area contributed by atoms with Crippen LogP contribution in [0.5, 0.6) is 0 Å². The van der Waals surface area contributed by atoms with Crippen molar-refractivity contribution >= 4 is 58.4 Å². The molecule has 2 heteroatoms. The Balaban J connectivity index is 1.05. The van der Waals surface area contributed by atoms with E-state index in [0.717, 1.165) is 56.4 Å². The zero-order valence-electron chi connectivity index (χ0n) is 30.4. The number of hydrogen-bond acceptors (Lipinski definition) is 2. The van der Waals surface area contributed by atoms with Crippen LogP contribution in [0, 0.1) is 27.7 Å². The highest BCUT2D eigenvalue weighted by molar-refractivity contribution is 5.80. The molecule has 0 N–H and O–H groups in total. The third-order valence-electron chi connectivity index (χ3n) is 9.32. The Hall–Kier alpha value is -6.38. The zero-order valence-corrected chi connectivity index (χ0v) is 30.4. The minimum atomic E-state index is 1.13. The normalized spacial score (nSPS) is 11.3. The van der Waals surface area contributed by atoms with E-state index in [-0.39, 0.29) is 0 Å². The van der Waals surface area contributed by atoms with Crippen molar-refractivity contribution in [3.05, 3.63) is 214 Å². The van der Waals surface area contributed by atoms with Crippen molar-refractivity contribution < 1.29 is 0 Å². The Morgan fingerprint density at radius 2 is 0.500 bits per heavy atom. The van der Waals surface area contributed by atoms with Gasteiger partial charge in [-0.25, -0.2) is 0 Å². The number of anilines is 6. The van der Waals surface area contributed by atoms with Crippen molar-refractivity contribution in [2.24, 2.45) is 0 Å². The summed E-state index contributed by atoms with van der Waals surface area (Å²) >= 11 is 0. The van der Waals surface area contributed by atoms with Gasteiger partial charge in [0.15, 0.2) is 0 Å². The molecule has 7 aromatic rings. The van der Waals surface area contributed by atoms with Gasteiger partial charge in [-0.2, -0.15) is 0 Å². The molecule has 0 aliphatic carbocycles. The molecule has 0 fully saturated rings. The van der Waals surface area contributed by atoms with Crippen LogP contribution in [0.15, 0.2) is 170 Å². The van der Waals surface area contributed by atoms with Crippen LogP contribution in [-0.2, 0) is 0 Å². The van der Waals surface area contributed by atoms with E-state index in [9.17, 15) is 0 Å². The molecule has 0 unspecified atom stereocenters. The lowest BCUT2D eigenvalue weighted by Gasteiger charge is -2.25. The monoisotopic (exact) mass is 672 g/mol. The molecule has 52 heavy (non-hydrogen) atoms. The van der Waals surface area contributed by atoms with E-state index in [4.69, 9.17) is 0 Å². The van der Waals surface area contributed by atoms with Crippen molar-refractivity contribution in [2.75, 3.05) is 9.80 Å². The van der Waals surface area contributed by atoms with Gasteiger partial charge in [0.1, 0.15) is 0 Å². The molecule has 0 heterocycles. The Morgan fingerprint density at radius 3 is 0.769 bits per heavy atom. The summed E-state index contributed by atoms with van der Waals surface area (Å²) in [5.41, 5.74) is 16.5. The summed E-state index contributed by atoms with van der Waals surface area (Å²) in [6.07, 6.45) is 8.73. The van der Waals surface area contributed by atoms with Crippen LogP contribution in [0.3, 0.4) is 0 Å². The minimum Gasteiger partial charge on any atom is -0.311 e. The number of benzene rings is 7. The van der Waals surface area contributed by atoms with Gasteiger partial charge in [0.05, 0.1) is 0 Å². The fraction of sp³-hybridized carbons (Fsp3) is 0.0800. The van der Waals surface area contributed by atoms with E-state index in [1.165, 1.54) is 22.3 Å². The second-order valence-corrected chi connectivity index (χ2v) is 13.5. The maximum atomic E-state index is 2.31. The van der Waals surface area contributed by atoms with E-state index in [2.05, 4.69) is 232 Å². The summed E-state index contributed by atoms with van der Waals surface area (Å²) in [4.78, 5) is 4.61. The molecule has 0 aliphatic heterocycles. The molecule has 2 nitrogen and oxygen atoms in total. The summed E-state index contributed by atoms with van der Waals surface area (Å²) in [6.45, 7) is 8.50. The number of aryl methyl sites for hydroxylation is 4. The molecule has 0 aromatic heterocycles. The van der Waals surface area contributed by atoms with Crippen LogP contribution < -0.4 is 9.80 Å². The highest BCUT2D eigenvalue weighted by Gasteiger charge is 2.13. The first kappa shape index (κ1) is 34.1. The zero-order chi connectivity index (χ0) is 35.9. The van der Waals surface area contributed by atoms with Gasteiger partial charge in [0.2, 0.25) is 0 Å². The predicted octanol–water partition coefficient (Wildman–Crippen LogP) is 14.2. The van der Waals surface area contributed by atoms with Gasteiger partial charge in [-0.3, -0.25) is 0 Å². The SMILES string of the molecule is Cc1ccc(N(c2ccc(C)cc2)c2ccc(/C=C/c3cccc(/C=C/c4ccc(N(c5ccc(C)cc5)c5ccc(C)cc5)cc4)c3)cc2)cc1. The fourth-order valence-corrected chi connectivity index (χ4v) is 6.29. The van der Waals surface area contributed by atoms with E-state index in [0.29, 0.717) is 0 Å². The Labute approximate surface area is 309 Å². The average molecular weight is 673 g/mol. The lowest BCUT2D eigenvalue weighted by molar-refractivity contribution is 1.27. The van der Waals surface area contributed by atoms with Crippen molar-refractivity contribution in [3.63, 3.8) is 0 Å². The van der Waals surface area contributed by atoms with Gasteiger partial charge in [-0.1, -0.05) is 138 Å². The van der Waals surface area contributed by atoms with Gasteiger partial charge < -0.3 is 9.80 Å². The molecule has 0 atom stereocenters. The van der Waals surface area contributed by atoms with E-state index in [1.807, 2.05) is 0 Å². The average Bonchev–Trinajstić information content (AvgIpc) is 3.17. The standard InChI is InChI=1S/C50H44N2/c1-37-8-24-45(25-9-37)51(46-26-10-38(2)11-27-46)49-32-20-41(21-33-49)16-18-43-6-5-7-44(36-43)19-17-42-22-34-50(35-23-42)52(47-28-12-39(3)13-29-47)48-30-14-40(4)15-31-48/h5-36H,1-4H3/b18-16+,19-17+. The second-order valence-electron chi connectivity index (χ2n) is 13.5. The maximum Gasteiger partial charge on any atom is 0.0462 e. The van der Waals surface area contributed by atoms with Crippen molar-refractivity contribution in [2.45, 2.75) is 27.7 Å². The number of nitrogens with zero attached hydrogens (tertiary/aromatic N) is 2. The van der Waals surface area contributed by atoms with E-state index >= 15 is 0 Å². The third kappa shape index (κ3) is 8.31. The van der Waals surface area contributed by atoms with Gasteiger partial charge in [-0.15, -0.1) is 0 Å². The Bertz CT molecular complexity index is 2020. The molecule has 0 spiro atoms. The highest BCUT2D eigenvalue weighted by Crippen LogP contribution is 2.36. The van der Waals surface area contributed by atoms with Crippen LogP contribution in [0.25, 0.3) is 24.3 Å². The lowest BCUT2D eigenvalue weighted by atomic mass is 10.1.